The van der Waals surface area contributed by atoms with E-state index in [0.29, 0.717) is 16.5 Å². The Balaban J connectivity index is 1.01. The molecule has 40 heavy (non-hydrogen) atoms. The number of rotatable bonds is 6. The van der Waals surface area contributed by atoms with Crippen LogP contribution in [0.15, 0.2) is 79.3 Å². The molecule has 4 heterocycles. The van der Waals surface area contributed by atoms with Crippen molar-refractivity contribution in [2.45, 2.75) is 32.2 Å². The second-order valence-electron chi connectivity index (χ2n) is 10.7. The minimum Gasteiger partial charge on any atom is -0.457 e. The molecule has 0 atom stereocenters. The van der Waals surface area contributed by atoms with Gasteiger partial charge in [-0.15, -0.1) is 4.80 Å². The fraction of sp³-hybridized carbons (Fsp3) is 0.333. The van der Waals surface area contributed by atoms with E-state index in [1.54, 1.807) is 24.7 Å². The minimum absolute atomic E-state index is 0.0641. The highest BCUT2D eigenvalue weighted by Gasteiger charge is 2.39. The third-order valence-corrected chi connectivity index (χ3v) is 8.09. The first-order valence-corrected chi connectivity index (χ1v) is 14.0. The highest BCUT2D eigenvalue weighted by molar-refractivity contribution is 6.30. The van der Waals surface area contributed by atoms with Gasteiger partial charge in [-0.25, -0.2) is 9.78 Å². The van der Waals surface area contributed by atoms with Crippen LogP contribution >= 0.6 is 11.6 Å². The van der Waals surface area contributed by atoms with Gasteiger partial charge in [0.15, 0.2) is 5.82 Å². The zero-order valence-electron chi connectivity index (χ0n) is 22.2. The van der Waals surface area contributed by atoms with Crippen molar-refractivity contribution in [1.82, 2.24) is 29.8 Å². The van der Waals surface area contributed by atoms with Crippen LogP contribution in [-0.2, 0) is 6.54 Å². The van der Waals surface area contributed by atoms with E-state index >= 15 is 0 Å². The third kappa shape index (κ3) is 6.26. The zero-order chi connectivity index (χ0) is 27.4. The molecule has 1 N–H and O–H groups in total. The van der Waals surface area contributed by atoms with Gasteiger partial charge in [0.1, 0.15) is 11.5 Å². The van der Waals surface area contributed by atoms with Gasteiger partial charge in [0.2, 0.25) is 0 Å². The molecule has 4 aromatic rings. The number of anilines is 1. The second-order valence-corrected chi connectivity index (χ2v) is 11.1. The molecule has 2 aliphatic heterocycles. The Hall–Kier alpha value is -3.95. The molecule has 0 bridgehead atoms. The average Bonchev–Trinajstić information content (AvgIpc) is 3.52. The molecular formula is C30H32ClN7O2. The van der Waals surface area contributed by atoms with Gasteiger partial charge in [0.05, 0.1) is 24.3 Å². The van der Waals surface area contributed by atoms with Crippen molar-refractivity contribution in [2.24, 2.45) is 5.41 Å². The highest BCUT2D eigenvalue weighted by atomic mass is 35.5. The van der Waals surface area contributed by atoms with Crippen molar-refractivity contribution in [1.29, 1.82) is 0 Å². The molecule has 1 spiro atoms. The molecule has 2 fully saturated rings. The van der Waals surface area contributed by atoms with Gasteiger partial charge < -0.3 is 15.0 Å². The molecule has 0 unspecified atom stereocenters. The number of ether oxygens (including phenoxy) is 1. The summed E-state index contributed by atoms with van der Waals surface area (Å²) >= 11 is 5.99. The summed E-state index contributed by atoms with van der Waals surface area (Å²) in [4.78, 5) is 23.4. The summed E-state index contributed by atoms with van der Waals surface area (Å²) in [5.74, 6) is 2.20. The van der Waals surface area contributed by atoms with Crippen LogP contribution < -0.4 is 10.1 Å². The van der Waals surface area contributed by atoms with Crippen LogP contribution in [0.4, 0.5) is 10.5 Å². The van der Waals surface area contributed by atoms with E-state index in [9.17, 15) is 4.79 Å². The van der Waals surface area contributed by atoms with Gasteiger partial charge in [-0.1, -0.05) is 23.7 Å². The molecule has 6 rings (SSSR count). The number of pyridine rings is 1. The summed E-state index contributed by atoms with van der Waals surface area (Å²) in [5.41, 5.74) is 2.08. The standard InChI is InChI=1S/C30H32ClN7O2/c31-24-5-8-26(9-6-24)40-27-4-1-3-23(19-27)21-36-17-12-30(13-18-36)11-2-16-37(22-30)29(39)35-25-7-10-28(32-20-25)38-33-14-15-34-38/h1,3-10,14-15,19-20H,2,11-13,16-18,21-22H2,(H,35,39). The Morgan fingerprint density at radius 2 is 1.75 bits per heavy atom. The number of hydrogen-bond acceptors (Lipinski definition) is 6. The van der Waals surface area contributed by atoms with Crippen molar-refractivity contribution >= 4 is 23.3 Å². The maximum Gasteiger partial charge on any atom is 0.321 e. The average molecular weight is 558 g/mol. The van der Waals surface area contributed by atoms with E-state index in [4.69, 9.17) is 16.3 Å². The van der Waals surface area contributed by atoms with Gasteiger partial charge in [-0.2, -0.15) is 10.2 Å². The van der Waals surface area contributed by atoms with E-state index in [0.717, 1.165) is 63.5 Å². The van der Waals surface area contributed by atoms with Gasteiger partial charge in [-0.05, 0) is 98.3 Å². The summed E-state index contributed by atoms with van der Waals surface area (Å²) in [7, 11) is 0. The third-order valence-electron chi connectivity index (χ3n) is 7.84. The Kier molecular flexibility index (Phi) is 7.66. The van der Waals surface area contributed by atoms with Crippen molar-refractivity contribution in [3.8, 4) is 17.3 Å². The first-order chi connectivity index (χ1) is 19.5. The number of carbonyl (C=O) groups is 1. The van der Waals surface area contributed by atoms with Gasteiger partial charge in [-0.3, -0.25) is 4.90 Å². The summed E-state index contributed by atoms with van der Waals surface area (Å²) in [6, 6.07) is 19.3. The van der Waals surface area contributed by atoms with Crippen LogP contribution in [0.25, 0.3) is 5.82 Å². The number of amides is 2. The number of urea groups is 1. The molecular weight excluding hydrogens is 526 g/mol. The molecule has 9 nitrogen and oxygen atoms in total. The van der Waals surface area contributed by atoms with E-state index in [1.165, 1.54) is 16.8 Å². The maximum absolute atomic E-state index is 13.1. The first kappa shape index (κ1) is 26.3. The van der Waals surface area contributed by atoms with Gasteiger partial charge >= 0.3 is 6.03 Å². The first-order valence-electron chi connectivity index (χ1n) is 13.7. The highest BCUT2D eigenvalue weighted by Crippen LogP contribution is 2.40. The summed E-state index contributed by atoms with van der Waals surface area (Å²) in [6.07, 6.45) is 9.22. The second kappa shape index (κ2) is 11.7. The fourth-order valence-electron chi connectivity index (χ4n) is 5.69. The number of benzene rings is 2. The molecule has 2 amide bonds. The SMILES string of the molecule is O=C(Nc1ccc(-n2nccn2)nc1)N1CCCC2(CCN(Cc3cccc(Oc4ccc(Cl)cc4)c3)CC2)C1. The normalized spacial score (nSPS) is 17.1. The van der Waals surface area contributed by atoms with E-state index in [1.807, 2.05) is 47.4 Å². The number of hydrogen-bond donors (Lipinski definition) is 1. The molecule has 0 aliphatic carbocycles. The lowest BCUT2D eigenvalue weighted by Crippen LogP contribution is -2.51. The smallest absolute Gasteiger partial charge is 0.321 e. The van der Waals surface area contributed by atoms with Crippen LogP contribution in [-0.4, -0.2) is 62.0 Å². The van der Waals surface area contributed by atoms with E-state index in [-0.39, 0.29) is 11.4 Å². The summed E-state index contributed by atoms with van der Waals surface area (Å²) in [5, 5.41) is 11.9. The summed E-state index contributed by atoms with van der Waals surface area (Å²) < 4.78 is 6.02. The Morgan fingerprint density at radius 3 is 2.50 bits per heavy atom. The Bertz CT molecular complexity index is 1420. The van der Waals surface area contributed by atoms with Crippen LogP contribution in [0.5, 0.6) is 11.5 Å². The maximum atomic E-state index is 13.1. The monoisotopic (exact) mass is 557 g/mol. The van der Waals surface area contributed by atoms with Crippen LogP contribution in [0.2, 0.25) is 5.02 Å². The molecule has 0 radical (unpaired) electrons. The number of likely N-dealkylation sites (tertiary alicyclic amines) is 2. The van der Waals surface area contributed by atoms with Crippen molar-refractivity contribution in [3.05, 3.63) is 89.8 Å². The number of aromatic nitrogens is 4. The van der Waals surface area contributed by atoms with E-state index < -0.39 is 0 Å². The zero-order valence-corrected chi connectivity index (χ0v) is 23.0. The lowest BCUT2D eigenvalue weighted by Gasteiger charge is -2.47. The lowest BCUT2D eigenvalue weighted by atomic mass is 9.72. The summed E-state index contributed by atoms with van der Waals surface area (Å²) in [6.45, 7) is 4.49. The van der Waals surface area contributed by atoms with Crippen LogP contribution in [0.3, 0.4) is 0 Å². The number of nitrogens with zero attached hydrogens (tertiary/aromatic N) is 6. The van der Waals surface area contributed by atoms with Crippen LogP contribution in [0.1, 0.15) is 31.2 Å². The lowest BCUT2D eigenvalue weighted by molar-refractivity contribution is 0.0375. The predicted molar refractivity (Wildman–Crippen MR) is 154 cm³/mol. The Labute approximate surface area is 238 Å². The van der Waals surface area contributed by atoms with Crippen LogP contribution in [0, 0.1) is 5.41 Å². The number of piperidine rings is 2. The molecule has 206 valence electrons. The molecule has 10 heteroatoms. The molecule has 0 saturated carbocycles. The molecule has 2 aliphatic rings. The van der Waals surface area contributed by atoms with Gasteiger partial charge in [0.25, 0.3) is 0 Å². The fourth-order valence-corrected chi connectivity index (χ4v) is 5.82. The topological polar surface area (TPSA) is 88.4 Å². The number of halogens is 1. The molecule has 2 aromatic carbocycles. The Morgan fingerprint density at radius 1 is 0.950 bits per heavy atom. The van der Waals surface area contributed by atoms with Crippen molar-refractivity contribution < 1.29 is 9.53 Å². The van der Waals surface area contributed by atoms with Crippen molar-refractivity contribution in [2.75, 3.05) is 31.5 Å². The quantitative estimate of drug-likeness (QED) is 0.312. The van der Waals surface area contributed by atoms with E-state index in [2.05, 4.69) is 37.5 Å². The van der Waals surface area contributed by atoms with Gasteiger partial charge in [0, 0.05) is 24.7 Å². The minimum atomic E-state index is -0.0641. The number of carbonyl (C=O) groups excluding carboxylic acids is 1. The molecule has 2 saturated heterocycles. The predicted octanol–water partition coefficient (Wildman–Crippen LogP) is 6.02. The largest absolute Gasteiger partial charge is 0.457 e. The number of nitrogens with one attached hydrogen (secondary N) is 1. The molecule has 2 aromatic heterocycles. The van der Waals surface area contributed by atoms with Crippen molar-refractivity contribution in [3.63, 3.8) is 0 Å².